The minimum atomic E-state index is -4.89. The number of amides is 2. The number of hydrogen-bond acceptors (Lipinski definition) is 7. The highest BCUT2D eigenvalue weighted by Gasteiger charge is 2.41. The van der Waals surface area contributed by atoms with Crippen molar-refractivity contribution in [1.82, 2.24) is 4.98 Å². The average Bonchev–Trinajstić information content (AvgIpc) is 2.76. The molecule has 2 heterocycles. The van der Waals surface area contributed by atoms with E-state index in [4.69, 9.17) is 21.1 Å². The Morgan fingerprint density at radius 3 is 2.56 bits per heavy atom. The average molecular weight is 503 g/mol. The molecule has 180 valence electrons. The number of rotatable bonds is 6. The van der Waals surface area contributed by atoms with Crippen LogP contribution in [0.4, 0.5) is 23.2 Å². The maximum absolute atomic E-state index is 14.6. The third-order valence-electron chi connectivity index (χ3n) is 4.49. The van der Waals surface area contributed by atoms with Gasteiger partial charge in [0.1, 0.15) is 11.6 Å². The molecule has 3 rings (SSSR count). The lowest BCUT2D eigenvalue weighted by molar-refractivity contribution is -0.148. The second kappa shape index (κ2) is 9.67. The fourth-order valence-electron chi connectivity index (χ4n) is 2.87. The number of ether oxygens (including phenoxy) is 3. The van der Waals surface area contributed by atoms with Crippen molar-refractivity contribution in [3.8, 4) is 17.4 Å². The van der Waals surface area contributed by atoms with Crippen molar-refractivity contribution in [2.75, 3.05) is 12.0 Å². The van der Waals surface area contributed by atoms with E-state index < -0.39 is 53.6 Å². The summed E-state index contributed by atoms with van der Waals surface area (Å²) in [5.41, 5.74) is -2.01. The molecule has 1 aromatic carbocycles. The van der Waals surface area contributed by atoms with Gasteiger partial charge in [-0.25, -0.2) is 19.1 Å². The number of esters is 1. The Labute approximate surface area is 194 Å². The van der Waals surface area contributed by atoms with Crippen LogP contribution in [0.3, 0.4) is 0 Å². The lowest BCUT2D eigenvalue weighted by Gasteiger charge is -2.26. The Morgan fingerprint density at radius 1 is 1.24 bits per heavy atom. The second-order valence-corrected chi connectivity index (χ2v) is 7.24. The molecule has 2 amide bonds. The van der Waals surface area contributed by atoms with Crippen molar-refractivity contribution in [3.63, 3.8) is 0 Å². The van der Waals surface area contributed by atoms with Crippen LogP contribution in [0.15, 0.2) is 42.1 Å². The van der Waals surface area contributed by atoms with Gasteiger partial charge in [0.05, 0.1) is 24.2 Å². The largest absolute Gasteiger partial charge is 0.466 e. The van der Waals surface area contributed by atoms with Crippen molar-refractivity contribution in [1.29, 1.82) is 0 Å². The topological polar surface area (TPSA) is 95.0 Å². The van der Waals surface area contributed by atoms with Gasteiger partial charge >= 0.3 is 12.1 Å². The van der Waals surface area contributed by atoms with Gasteiger partial charge in [0.2, 0.25) is 5.91 Å². The first kappa shape index (κ1) is 25.0. The number of carbonyl (C=O) groups is 3. The number of carbonyl (C=O) groups excluding carboxylic acids is 3. The molecule has 13 heteroatoms. The molecule has 0 N–H and O–H groups in total. The summed E-state index contributed by atoms with van der Waals surface area (Å²) < 4.78 is 68.9. The summed E-state index contributed by atoms with van der Waals surface area (Å²) in [6, 6.07) is 4.43. The predicted molar refractivity (Wildman–Crippen MR) is 109 cm³/mol. The molecule has 2 aromatic rings. The zero-order valence-corrected chi connectivity index (χ0v) is 18.2. The summed E-state index contributed by atoms with van der Waals surface area (Å²) in [6.45, 7) is 1.39. The Morgan fingerprint density at radius 2 is 1.94 bits per heavy atom. The number of benzene rings is 1. The minimum Gasteiger partial charge on any atom is -0.466 e. The van der Waals surface area contributed by atoms with Crippen LogP contribution < -0.4 is 14.4 Å². The maximum atomic E-state index is 14.6. The van der Waals surface area contributed by atoms with E-state index in [1.807, 2.05) is 0 Å². The van der Waals surface area contributed by atoms with Gasteiger partial charge in [0.15, 0.2) is 11.9 Å². The third kappa shape index (κ3) is 5.28. The molecule has 0 fully saturated rings. The van der Waals surface area contributed by atoms with Crippen LogP contribution in [-0.4, -0.2) is 42.2 Å². The molecule has 34 heavy (non-hydrogen) atoms. The van der Waals surface area contributed by atoms with E-state index in [-0.39, 0.29) is 33.4 Å². The monoisotopic (exact) mass is 502 g/mol. The van der Waals surface area contributed by atoms with Crippen LogP contribution in [0.25, 0.3) is 0 Å². The van der Waals surface area contributed by atoms with Crippen molar-refractivity contribution in [2.24, 2.45) is 0 Å². The van der Waals surface area contributed by atoms with E-state index in [2.05, 4.69) is 9.72 Å². The molecule has 8 nitrogen and oxygen atoms in total. The van der Waals surface area contributed by atoms with Gasteiger partial charge in [-0.05, 0) is 25.1 Å². The molecule has 0 saturated carbocycles. The number of pyridine rings is 1. The molecular formula is C21H15ClF4N2O6. The van der Waals surface area contributed by atoms with E-state index in [0.29, 0.717) is 0 Å². The number of alkyl halides is 3. The number of anilines is 1. The first-order chi connectivity index (χ1) is 15.9. The summed E-state index contributed by atoms with van der Waals surface area (Å²) in [5, 5.41) is -0.291. The Balaban J connectivity index is 1.96. The van der Waals surface area contributed by atoms with E-state index >= 15 is 0 Å². The van der Waals surface area contributed by atoms with Gasteiger partial charge in [-0.3, -0.25) is 9.59 Å². The summed E-state index contributed by atoms with van der Waals surface area (Å²) >= 11 is 6.03. The highest BCUT2D eigenvalue weighted by molar-refractivity contribution is 6.32. The molecule has 0 bridgehead atoms. The first-order valence-electron chi connectivity index (χ1n) is 9.43. The second-order valence-electron chi connectivity index (χ2n) is 6.84. The Hall–Kier alpha value is -3.67. The summed E-state index contributed by atoms with van der Waals surface area (Å²) in [6.07, 6.45) is -5.56. The molecule has 1 unspecified atom stereocenters. The number of nitrogens with zero attached hydrogens (tertiary/aromatic N) is 2. The lowest BCUT2D eigenvalue weighted by atomic mass is 10.1. The molecule has 0 saturated heterocycles. The number of hydrogen-bond donors (Lipinski definition) is 0. The van der Waals surface area contributed by atoms with Gasteiger partial charge in [0.25, 0.3) is 11.8 Å². The predicted octanol–water partition coefficient (Wildman–Crippen LogP) is 4.36. The van der Waals surface area contributed by atoms with Crippen LogP contribution >= 0.6 is 11.6 Å². The van der Waals surface area contributed by atoms with Gasteiger partial charge in [0, 0.05) is 23.9 Å². The highest BCUT2D eigenvalue weighted by atomic mass is 35.5. The van der Waals surface area contributed by atoms with Crippen molar-refractivity contribution in [2.45, 2.75) is 25.6 Å². The molecule has 1 atom stereocenters. The quantitative estimate of drug-likeness (QED) is 0.329. The van der Waals surface area contributed by atoms with Crippen LogP contribution in [0, 0.1) is 5.82 Å². The van der Waals surface area contributed by atoms with Crippen molar-refractivity contribution in [3.05, 3.63) is 53.0 Å². The fourth-order valence-corrected chi connectivity index (χ4v) is 3.06. The molecule has 0 spiro atoms. The minimum absolute atomic E-state index is 0.0757. The van der Waals surface area contributed by atoms with Gasteiger partial charge in [-0.2, -0.15) is 13.2 Å². The van der Waals surface area contributed by atoms with Crippen LogP contribution in [-0.2, 0) is 19.1 Å². The number of methoxy groups -OCH3 is 1. The van der Waals surface area contributed by atoms with Gasteiger partial charge in [-0.1, -0.05) is 11.6 Å². The van der Waals surface area contributed by atoms with E-state index in [1.165, 1.54) is 25.3 Å². The van der Waals surface area contributed by atoms with Crippen LogP contribution in [0.1, 0.15) is 13.3 Å². The van der Waals surface area contributed by atoms with Crippen molar-refractivity contribution < 1.29 is 46.2 Å². The molecule has 0 radical (unpaired) electrons. The normalized spacial score (nSPS) is 15.0. The summed E-state index contributed by atoms with van der Waals surface area (Å²) in [5.74, 6) is -5.03. The van der Waals surface area contributed by atoms with E-state index in [1.54, 1.807) is 0 Å². The maximum Gasteiger partial charge on any atom is 0.413 e. The Bertz CT molecular complexity index is 1180. The molecule has 1 aliphatic rings. The van der Waals surface area contributed by atoms with Gasteiger partial charge < -0.3 is 14.2 Å². The zero-order valence-electron chi connectivity index (χ0n) is 17.5. The third-order valence-corrected chi connectivity index (χ3v) is 4.79. The molecule has 0 aliphatic carbocycles. The van der Waals surface area contributed by atoms with E-state index in [9.17, 15) is 31.9 Å². The molecule has 1 aromatic heterocycles. The molecule has 1 aliphatic heterocycles. The number of halogens is 5. The van der Waals surface area contributed by atoms with E-state index in [0.717, 1.165) is 19.2 Å². The summed E-state index contributed by atoms with van der Waals surface area (Å²) in [7, 11) is 1.16. The van der Waals surface area contributed by atoms with Crippen LogP contribution in [0.5, 0.6) is 17.4 Å². The van der Waals surface area contributed by atoms with Crippen molar-refractivity contribution >= 4 is 35.1 Å². The first-order valence-corrected chi connectivity index (χ1v) is 9.81. The van der Waals surface area contributed by atoms with Crippen LogP contribution in [0.2, 0.25) is 5.02 Å². The summed E-state index contributed by atoms with van der Waals surface area (Å²) in [4.78, 5) is 40.4. The number of aromatic nitrogens is 1. The zero-order chi connectivity index (χ0) is 25.2. The molecular weight excluding hydrogens is 488 g/mol. The Kier molecular flexibility index (Phi) is 7.10. The fraction of sp³-hybridized carbons (Fsp3) is 0.238. The number of imide groups is 1. The lowest BCUT2D eigenvalue weighted by Crippen LogP contribution is -2.41. The smallest absolute Gasteiger partial charge is 0.413 e. The standard InChI is InChI=1S/C21H15ClF4N2O6/c1-10(20(31)32-2)33-19-15(4-3-5-27-19)34-16-9-14(13(23)8-12(16)22)28-17(29)6-11(7-18(28)30)21(24,25)26/h3-6,8-10H,7H2,1-2H3. The van der Waals surface area contributed by atoms with Gasteiger partial charge in [-0.15, -0.1) is 0 Å². The SMILES string of the molecule is COC(=O)C(C)Oc1ncccc1Oc1cc(N2C(=O)C=C(C(F)(F)F)CC2=O)c(F)cc1Cl. The highest BCUT2D eigenvalue weighted by Crippen LogP contribution is 2.40.